The number of rotatable bonds is 4. The number of likely N-dealkylation sites (tertiary alicyclic amines) is 2. The van der Waals surface area contributed by atoms with E-state index in [4.69, 9.17) is 0 Å². The fourth-order valence-corrected chi connectivity index (χ4v) is 4.48. The van der Waals surface area contributed by atoms with Gasteiger partial charge in [0, 0.05) is 18.8 Å². The van der Waals surface area contributed by atoms with Crippen molar-refractivity contribution in [1.29, 1.82) is 0 Å². The number of amides is 1. The van der Waals surface area contributed by atoms with E-state index in [-0.39, 0.29) is 5.41 Å². The van der Waals surface area contributed by atoms with Crippen LogP contribution in [-0.4, -0.2) is 46.9 Å². The summed E-state index contributed by atoms with van der Waals surface area (Å²) in [6, 6.07) is 6.09. The molecule has 2 aliphatic heterocycles. The van der Waals surface area contributed by atoms with Gasteiger partial charge in [0.2, 0.25) is 5.91 Å². The van der Waals surface area contributed by atoms with Crippen LogP contribution in [0, 0.1) is 18.3 Å². The van der Waals surface area contributed by atoms with Crippen molar-refractivity contribution in [2.75, 3.05) is 26.2 Å². The molecule has 0 bridgehead atoms. The van der Waals surface area contributed by atoms with Crippen molar-refractivity contribution in [3.05, 3.63) is 29.6 Å². The maximum Gasteiger partial charge on any atom is 0.229 e. The number of nitrogens with zero attached hydrogens (tertiary/aromatic N) is 3. The lowest BCUT2D eigenvalue weighted by molar-refractivity contribution is -0.150. The lowest BCUT2D eigenvalue weighted by atomic mass is 9.71. The zero-order chi connectivity index (χ0) is 16.6. The average Bonchev–Trinajstić information content (AvgIpc) is 3.38. The number of carbonyl (C=O) groups is 1. The van der Waals surface area contributed by atoms with Crippen LogP contribution in [0.15, 0.2) is 18.2 Å². The summed E-state index contributed by atoms with van der Waals surface area (Å²) in [5.74, 6) is 1.34. The van der Waals surface area contributed by atoms with E-state index >= 15 is 0 Å². The minimum atomic E-state index is -0.0812. The molecular weight excluding hydrogens is 298 g/mol. The third-order valence-corrected chi connectivity index (χ3v) is 6.15. The van der Waals surface area contributed by atoms with Crippen LogP contribution < -0.4 is 0 Å². The molecule has 24 heavy (non-hydrogen) atoms. The monoisotopic (exact) mass is 327 g/mol. The van der Waals surface area contributed by atoms with E-state index in [1.54, 1.807) is 0 Å². The number of aryl methyl sites for hydroxylation is 1. The molecule has 3 heterocycles. The van der Waals surface area contributed by atoms with E-state index in [0.717, 1.165) is 62.6 Å². The van der Waals surface area contributed by atoms with Crippen LogP contribution in [0.4, 0.5) is 0 Å². The Bertz CT molecular complexity index is 603. The van der Waals surface area contributed by atoms with Crippen LogP contribution in [0.25, 0.3) is 0 Å². The van der Waals surface area contributed by atoms with Crippen molar-refractivity contribution in [1.82, 2.24) is 14.8 Å². The first-order valence-electron chi connectivity index (χ1n) is 9.59. The van der Waals surface area contributed by atoms with E-state index in [1.807, 2.05) is 25.1 Å². The van der Waals surface area contributed by atoms with Crippen LogP contribution >= 0.6 is 0 Å². The molecule has 2 saturated heterocycles. The van der Waals surface area contributed by atoms with Crippen LogP contribution in [-0.2, 0) is 11.3 Å². The Kier molecular flexibility index (Phi) is 4.33. The average molecular weight is 327 g/mol. The number of carbonyl (C=O) groups excluding carboxylic acids is 1. The highest BCUT2D eigenvalue weighted by atomic mass is 16.2. The largest absolute Gasteiger partial charge is 0.336 e. The molecule has 1 amide bonds. The van der Waals surface area contributed by atoms with Gasteiger partial charge in [-0.1, -0.05) is 6.07 Å². The Morgan fingerprint density at radius 3 is 2.67 bits per heavy atom. The number of pyridine rings is 1. The lowest BCUT2D eigenvalue weighted by Gasteiger charge is -2.46. The van der Waals surface area contributed by atoms with Crippen molar-refractivity contribution in [2.24, 2.45) is 11.3 Å². The number of hydrogen-bond acceptors (Lipinski definition) is 3. The molecule has 1 aromatic rings. The molecule has 1 saturated carbocycles. The first-order chi connectivity index (χ1) is 11.6. The van der Waals surface area contributed by atoms with Gasteiger partial charge in [0.15, 0.2) is 0 Å². The van der Waals surface area contributed by atoms with Gasteiger partial charge in [0.05, 0.1) is 17.7 Å². The van der Waals surface area contributed by atoms with E-state index < -0.39 is 0 Å². The molecule has 130 valence electrons. The van der Waals surface area contributed by atoms with Crippen molar-refractivity contribution in [2.45, 2.75) is 52.0 Å². The minimum Gasteiger partial charge on any atom is -0.336 e. The molecule has 1 aliphatic carbocycles. The van der Waals surface area contributed by atoms with Crippen molar-refractivity contribution in [3.63, 3.8) is 0 Å². The highest BCUT2D eigenvalue weighted by Gasteiger charge is 2.45. The summed E-state index contributed by atoms with van der Waals surface area (Å²) in [6.45, 7) is 7.06. The van der Waals surface area contributed by atoms with Crippen LogP contribution in [0.3, 0.4) is 0 Å². The Morgan fingerprint density at radius 1 is 1.17 bits per heavy atom. The molecule has 0 radical (unpaired) electrons. The molecule has 1 aromatic heterocycles. The zero-order valence-electron chi connectivity index (χ0n) is 14.8. The summed E-state index contributed by atoms with van der Waals surface area (Å²) in [5.41, 5.74) is 1.97. The van der Waals surface area contributed by atoms with Gasteiger partial charge < -0.3 is 9.80 Å². The Balaban J connectivity index is 1.40. The highest BCUT2D eigenvalue weighted by molar-refractivity contribution is 5.83. The van der Waals surface area contributed by atoms with Gasteiger partial charge in [-0.25, -0.2) is 0 Å². The van der Waals surface area contributed by atoms with E-state index in [1.165, 1.54) is 19.4 Å². The summed E-state index contributed by atoms with van der Waals surface area (Å²) in [6.07, 6.45) is 7.16. The van der Waals surface area contributed by atoms with Gasteiger partial charge in [-0.2, -0.15) is 0 Å². The van der Waals surface area contributed by atoms with Crippen LogP contribution in [0.1, 0.15) is 49.9 Å². The maximum atomic E-state index is 13.2. The van der Waals surface area contributed by atoms with E-state index in [0.29, 0.717) is 12.5 Å². The first kappa shape index (κ1) is 16.1. The molecule has 1 spiro atoms. The molecule has 4 heteroatoms. The maximum absolute atomic E-state index is 13.2. The fraction of sp³-hybridized carbons (Fsp3) is 0.700. The van der Waals surface area contributed by atoms with Crippen molar-refractivity contribution >= 4 is 5.91 Å². The van der Waals surface area contributed by atoms with E-state index in [9.17, 15) is 4.79 Å². The molecule has 3 fully saturated rings. The van der Waals surface area contributed by atoms with Gasteiger partial charge in [0.25, 0.3) is 0 Å². The summed E-state index contributed by atoms with van der Waals surface area (Å²) in [5, 5.41) is 0. The van der Waals surface area contributed by atoms with Gasteiger partial charge in [-0.15, -0.1) is 0 Å². The second-order valence-corrected chi connectivity index (χ2v) is 8.12. The topological polar surface area (TPSA) is 36.4 Å². The smallest absolute Gasteiger partial charge is 0.229 e. The normalized spacial score (nSPS) is 24.5. The second kappa shape index (κ2) is 6.47. The quantitative estimate of drug-likeness (QED) is 0.853. The van der Waals surface area contributed by atoms with Crippen molar-refractivity contribution in [3.8, 4) is 0 Å². The predicted molar refractivity (Wildman–Crippen MR) is 94.5 cm³/mol. The lowest BCUT2D eigenvalue weighted by Crippen LogP contribution is -2.53. The highest BCUT2D eigenvalue weighted by Crippen LogP contribution is 2.42. The first-order valence-corrected chi connectivity index (χ1v) is 9.59. The molecule has 4 nitrogen and oxygen atoms in total. The van der Waals surface area contributed by atoms with E-state index in [2.05, 4.69) is 14.8 Å². The van der Waals surface area contributed by atoms with Gasteiger partial charge in [0.1, 0.15) is 0 Å². The van der Waals surface area contributed by atoms with Gasteiger partial charge in [-0.05, 0) is 76.6 Å². The predicted octanol–water partition coefficient (Wildman–Crippen LogP) is 3.00. The second-order valence-electron chi connectivity index (χ2n) is 8.12. The standard InChI is InChI=1S/C20H29N3O/c1-16-4-2-5-18(21-16)15-23-11-3-8-20(19(23)24)9-12-22(13-10-20)14-17-6-7-17/h2,4-5,17H,3,6-15H2,1H3. The van der Waals surface area contributed by atoms with Gasteiger partial charge >= 0.3 is 0 Å². The van der Waals surface area contributed by atoms with Gasteiger partial charge in [-0.3, -0.25) is 9.78 Å². The SMILES string of the molecule is Cc1cccc(CN2CCCC3(CCN(CC4CC4)CC3)C2=O)n1. The molecule has 0 unspecified atom stereocenters. The molecule has 3 aliphatic rings. The molecule has 0 N–H and O–H groups in total. The third-order valence-electron chi connectivity index (χ3n) is 6.15. The van der Waals surface area contributed by atoms with Crippen LogP contribution in [0.5, 0.6) is 0 Å². The molecule has 4 rings (SSSR count). The van der Waals surface area contributed by atoms with Crippen LogP contribution in [0.2, 0.25) is 0 Å². The number of hydrogen-bond donors (Lipinski definition) is 0. The fourth-order valence-electron chi connectivity index (χ4n) is 4.48. The zero-order valence-corrected chi connectivity index (χ0v) is 14.8. The summed E-state index contributed by atoms with van der Waals surface area (Å²) < 4.78 is 0. The molecule has 0 aromatic carbocycles. The Morgan fingerprint density at radius 2 is 1.96 bits per heavy atom. The molecule has 0 atom stereocenters. The summed E-state index contributed by atoms with van der Waals surface area (Å²) in [7, 11) is 0. The minimum absolute atomic E-state index is 0.0812. The third kappa shape index (κ3) is 3.34. The Labute approximate surface area is 145 Å². The molecular formula is C20H29N3O. The summed E-state index contributed by atoms with van der Waals surface area (Å²) in [4.78, 5) is 22.5. The van der Waals surface area contributed by atoms with Crippen molar-refractivity contribution < 1.29 is 4.79 Å². The summed E-state index contributed by atoms with van der Waals surface area (Å²) >= 11 is 0. The number of piperidine rings is 2. The number of aromatic nitrogens is 1. The Hall–Kier alpha value is -1.42.